The Hall–Kier alpha value is -5.45. The number of hydrogen-bond donors (Lipinski definition) is 0. The quantitative estimate of drug-likeness (QED) is 0.162. The molecule has 0 amide bonds. The molecule has 3 aromatic heterocycles. The van der Waals surface area contributed by atoms with Crippen molar-refractivity contribution >= 4 is 32.5 Å². The standard InChI is InChI=1S/C34H23N2S.C11H8N.Ir/c1-23-19-20-32-28(21-23)29(22-37-32)34-35-30-17-8-9-18-31(30)36(34)33-26(24-11-4-2-5-12-24)15-10-16-27(33)25-13-6-3-7-14-25;1-2-6-10(7-3-1)11-8-4-5-9-12-11;/h2-21H,1H3;1-6,8-9H;/q2*-1;/i1D3;;. The van der Waals surface area contributed by atoms with Crippen LogP contribution in [0.2, 0.25) is 0 Å². The number of pyridine rings is 1. The van der Waals surface area contributed by atoms with E-state index in [2.05, 4.69) is 93.8 Å². The molecule has 0 spiro atoms. The molecule has 1 radical (unpaired) electrons. The second kappa shape index (κ2) is 15.0. The molecule has 243 valence electrons. The number of para-hydroxylation sites is 3. The van der Waals surface area contributed by atoms with Crippen molar-refractivity contribution in [2.45, 2.75) is 6.85 Å². The largest absolute Gasteiger partial charge is 0.332 e. The van der Waals surface area contributed by atoms with E-state index in [0.717, 1.165) is 71.7 Å². The van der Waals surface area contributed by atoms with Crippen molar-refractivity contribution in [3.8, 4) is 50.6 Å². The molecule has 0 unspecified atom stereocenters. The van der Waals surface area contributed by atoms with Gasteiger partial charge in [0.05, 0.1) is 22.5 Å². The van der Waals surface area contributed by atoms with E-state index in [4.69, 9.17) is 9.10 Å². The monoisotopic (exact) mass is 841 g/mol. The Morgan fingerprint density at radius 1 is 0.680 bits per heavy atom. The van der Waals surface area contributed by atoms with Crippen molar-refractivity contribution in [3.05, 3.63) is 187 Å². The Morgan fingerprint density at radius 2 is 1.38 bits per heavy atom. The number of rotatable bonds is 5. The van der Waals surface area contributed by atoms with Gasteiger partial charge in [0.15, 0.2) is 0 Å². The number of nitrogens with zero attached hydrogens (tertiary/aromatic N) is 3. The molecule has 0 atom stereocenters. The van der Waals surface area contributed by atoms with Crippen LogP contribution in [0.25, 0.3) is 71.7 Å². The maximum atomic E-state index is 7.99. The molecular formula is C45H31IrN3S-2. The molecule has 0 N–H and O–H groups in total. The zero-order valence-electron chi connectivity index (χ0n) is 29.7. The first-order valence-electron chi connectivity index (χ1n) is 17.5. The van der Waals surface area contributed by atoms with Gasteiger partial charge in [-0.15, -0.1) is 47.3 Å². The maximum absolute atomic E-state index is 7.99. The van der Waals surface area contributed by atoms with Gasteiger partial charge in [-0.05, 0) is 41.9 Å². The molecule has 0 aliphatic heterocycles. The number of fused-ring (bicyclic) bond motifs is 2. The summed E-state index contributed by atoms with van der Waals surface area (Å²) >= 11 is 1.48. The summed E-state index contributed by atoms with van der Waals surface area (Å²) in [7, 11) is 0. The molecule has 3 nitrogen and oxygen atoms in total. The Bertz CT molecular complexity index is 2510. The molecule has 0 saturated carbocycles. The van der Waals surface area contributed by atoms with E-state index < -0.39 is 6.85 Å². The number of aryl methyl sites for hydroxylation is 1. The van der Waals surface area contributed by atoms with Gasteiger partial charge in [0.25, 0.3) is 0 Å². The van der Waals surface area contributed by atoms with E-state index in [-0.39, 0.29) is 20.1 Å². The second-order valence-corrected chi connectivity index (χ2v) is 12.3. The summed E-state index contributed by atoms with van der Waals surface area (Å²) in [4.78, 5) is 9.36. The molecule has 0 bridgehead atoms. The maximum Gasteiger partial charge on any atom is 0.0774 e. The fourth-order valence-corrected chi connectivity index (χ4v) is 6.94. The summed E-state index contributed by atoms with van der Waals surface area (Å²) in [6.07, 6.45) is 1.79. The van der Waals surface area contributed by atoms with E-state index in [1.54, 1.807) is 18.3 Å². The summed E-state index contributed by atoms with van der Waals surface area (Å²) in [5.74, 6) is 0.732. The van der Waals surface area contributed by atoms with Crippen molar-refractivity contribution in [1.82, 2.24) is 14.5 Å². The predicted molar refractivity (Wildman–Crippen MR) is 205 cm³/mol. The molecule has 0 fully saturated rings. The van der Waals surface area contributed by atoms with Crippen molar-refractivity contribution in [2.24, 2.45) is 0 Å². The van der Waals surface area contributed by atoms with Gasteiger partial charge in [-0.3, -0.25) is 16.3 Å². The van der Waals surface area contributed by atoms with Crippen LogP contribution < -0.4 is 0 Å². The van der Waals surface area contributed by atoms with Crippen LogP contribution in [0, 0.1) is 18.3 Å². The van der Waals surface area contributed by atoms with Crippen LogP contribution in [0.15, 0.2) is 170 Å². The molecule has 5 heteroatoms. The topological polar surface area (TPSA) is 30.7 Å². The molecule has 0 aliphatic carbocycles. The molecular weight excluding hydrogens is 807 g/mol. The normalized spacial score (nSPS) is 11.9. The number of hydrogen-bond acceptors (Lipinski definition) is 3. The van der Waals surface area contributed by atoms with Crippen LogP contribution in [0.3, 0.4) is 0 Å². The summed E-state index contributed by atoms with van der Waals surface area (Å²) in [6, 6.07) is 57.4. The third kappa shape index (κ3) is 6.59. The van der Waals surface area contributed by atoms with E-state index in [0.29, 0.717) is 5.56 Å². The summed E-state index contributed by atoms with van der Waals surface area (Å²) in [6.45, 7) is -2.20. The van der Waals surface area contributed by atoms with Gasteiger partial charge in [-0.1, -0.05) is 136 Å². The van der Waals surface area contributed by atoms with Gasteiger partial charge in [0.1, 0.15) is 0 Å². The van der Waals surface area contributed by atoms with Gasteiger partial charge >= 0.3 is 0 Å². The van der Waals surface area contributed by atoms with Crippen molar-refractivity contribution in [3.63, 3.8) is 0 Å². The Balaban J connectivity index is 0.000000284. The van der Waals surface area contributed by atoms with Crippen LogP contribution in [-0.2, 0) is 20.1 Å². The smallest absolute Gasteiger partial charge is 0.0774 e. The molecule has 0 saturated heterocycles. The molecule has 50 heavy (non-hydrogen) atoms. The van der Waals surface area contributed by atoms with Crippen molar-refractivity contribution < 1.29 is 24.2 Å². The van der Waals surface area contributed by atoms with Crippen LogP contribution in [0.4, 0.5) is 0 Å². The zero-order chi connectivity index (χ0) is 35.5. The molecule has 0 aliphatic rings. The fourth-order valence-electron chi connectivity index (χ4n) is 6.12. The Morgan fingerprint density at radius 3 is 2.06 bits per heavy atom. The molecule has 3 heterocycles. The minimum Gasteiger partial charge on any atom is -0.332 e. The van der Waals surface area contributed by atoms with Crippen LogP contribution in [-0.4, -0.2) is 14.5 Å². The fraction of sp³-hybridized carbons (Fsp3) is 0.0222. The average Bonchev–Trinajstić information content (AvgIpc) is 3.80. The number of benzene rings is 6. The van der Waals surface area contributed by atoms with Crippen LogP contribution in [0.1, 0.15) is 9.68 Å². The van der Waals surface area contributed by atoms with Gasteiger partial charge in [-0.25, -0.2) is 0 Å². The minimum atomic E-state index is -2.20. The second-order valence-electron chi connectivity index (χ2n) is 11.5. The van der Waals surface area contributed by atoms with E-state index >= 15 is 0 Å². The van der Waals surface area contributed by atoms with Gasteiger partial charge in [0.2, 0.25) is 0 Å². The Labute approximate surface area is 314 Å². The Kier molecular flexibility index (Phi) is 8.83. The van der Waals surface area contributed by atoms with E-state index in [9.17, 15) is 0 Å². The van der Waals surface area contributed by atoms with Gasteiger partial charge < -0.3 is 9.55 Å². The van der Waals surface area contributed by atoms with Crippen molar-refractivity contribution in [2.75, 3.05) is 0 Å². The first-order chi connectivity index (χ1) is 25.5. The molecule has 9 aromatic rings. The molecule has 6 aromatic carbocycles. The van der Waals surface area contributed by atoms with Gasteiger partial charge in [-0.2, -0.15) is 0 Å². The summed E-state index contributed by atoms with van der Waals surface area (Å²) < 4.78 is 27.2. The van der Waals surface area contributed by atoms with Crippen LogP contribution in [0.5, 0.6) is 0 Å². The van der Waals surface area contributed by atoms with Crippen LogP contribution >= 0.6 is 11.3 Å². The number of aromatic nitrogens is 3. The number of thiophene rings is 1. The number of imidazole rings is 1. The van der Waals surface area contributed by atoms with E-state index in [1.165, 1.54) is 11.3 Å². The average molecular weight is 841 g/mol. The third-order valence-electron chi connectivity index (χ3n) is 8.38. The summed E-state index contributed by atoms with van der Waals surface area (Å²) in [5.41, 5.74) is 10.3. The third-order valence-corrected chi connectivity index (χ3v) is 9.26. The SMILES string of the molecule is [2H]C([2H])([2H])c1ccc2s[c-]c(-c3nc4ccccc4n3-c3c(-c4ccccc4)cccc3-c3ccccc3)c2c1.[Ir].[c-]1ccccc1-c1ccccn1. The van der Waals surface area contributed by atoms with Gasteiger partial charge in [0, 0.05) is 41.5 Å². The van der Waals surface area contributed by atoms with E-state index in [1.807, 2.05) is 78.9 Å². The molecule has 9 rings (SSSR count). The summed E-state index contributed by atoms with van der Waals surface area (Å²) in [5, 5.41) is 4.31. The van der Waals surface area contributed by atoms with Crippen molar-refractivity contribution in [1.29, 1.82) is 0 Å². The predicted octanol–water partition coefficient (Wildman–Crippen LogP) is 11.9. The zero-order valence-corrected chi connectivity index (χ0v) is 30.0. The first kappa shape index (κ1) is 29.5. The minimum absolute atomic E-state index is 0. The first-order valence-corrected chi connectivity index (χ1v) is 16.8.